The molecule has 1 amide bonds. The molecular weight excluding hydrogens is 412 g/mol. The lowest BCUT2D eigenvalue weighted by molar-refractivity contribution is 0.0600. The van der Waals surface area contributed by atoms with Crippen LogP contribution in [0.2, 0.25) is 0 Å². The van der Waals surface area contributed by atoms with Crippen LogP contribution in [0.25, 0.3) is 11.1 Å². The van der Waals surface area contributed by atoms with E-state index in [0.29, 0.717) is 28.6 Å². The smallest absolute Gasteiger partial charge is 0.337 e. The number of oxazole rings is 1. The van der Waals surface area contributed by atoms with Crippen molar-refractivity contribution in [1.82, 2.24) is 10.3 Å². The highest BCUT2D eigenvalue weighted by Crippen LogP contribution is 2.27. The summed E-state index contributed by atoms with van der Waals surface area (Å²) in [4.78, 5) is 28.8. The van der Waals surface area contributed by atoms with Crippen molar-refractivity contribution in [2.24, 2.45) is 0 Å². The first-order chi connectivity index (χ1) is 15.1. The third-order valence-electron chi connectivity index (χ3n) is 4.72. The van der Waals surface area contributed by atoms with Gasteiger partial charge in [0.2, 0.25) is 0 Å². The molecule has 1 heterocycles. The van der Waals surface area contributed by atoms with Crippen molar-refractivity contribution in [2.45, 2.75) is 17.5 Å². The van der Waals surface area contributed by atoms with Gasteiger partial charge in [-0.2, -0.15) is 0 Å². The summed E-state index contributed by atoms with van der Waals surface area (Å²) in [7, 11) is 1.34. The van der Waals surface area contributed by atoms with E-state index in [2.05, 4.69) is 10.3 Å². The number of fused-ring (bicyclic) bond motifs is 1. The number of rotatable bonds is 7. The van der Waals surface area contributed by atoms with Crippen LogP contribution in [0, 0.1) is 0 Å². The summed E-state index contributed by atoms with van der Waals surface area (Å²) in [5, 5.41) is 3.51. The number of hydrogen-bond acceptors (Lipinski definition) is 6. The van der Waals surface area contributed by atoms with E-state index in [1.807, 2.05) is 42.5 Å². The lowest BCUT2D eigenvalue weighted by atomic mass is 10.1. The molecule has 31 heavy (non-hydrogen) atoms. The molecule has 4 rings (SSSR count). The maximum absolute atomic E-state index is 12.8. The molecule has 7 heteroatoms. The molecule has 156 valence electrons. The maximum Gasteiger partial charge on any atom is 0.337 e. The molecule has 3 aromatic carbocycles. The van der Waals surface area contributed by atoms with Crippen LogP contribution in [0.4, 0.5) is 0 Å². The first-order valence-electron chi connectivity index (χ1n) is 9.66. The number of carbonyl (C=O) groups is 2. The Morgan fingerprint density at radius 1 is 1.00 bits per heavy atom. The van der Waals surface area contributed by atoms with Crippen molar-refractivity contribution in [2.75, 3.05) is 7.11 Å². The molecule has 0 bridgehead atoms. The van der Waals surface area contributed by atoms with Crippen LogP contribution >= 0.6 is 11.8 Å². The van der Waals surface area contributed by atoms with Gasteiger partial charge in [-0.05, 0) is 41.5 Å². The van der Waals surface area contributed by atoms with E-state index >= 15 is 0 Å². The molecule has 0 aliphatic heterocycles. The number of ether oxygens (including phenoxy) is 1. The second kappa shape index (κ2) is 9.49. The van der Waals surface area contributed by atoms with Crippen LogP contribution in [0.15, 0.2) is 82.4 Å². The van der Waals surface area contributed by atoms with Gasteiger partial charge in [0, 0.05) is 17.9 Å². The highest BCUT2D eigenvalue weighted by Gasteiger charge is 2.13. The molecule has 0 saturated heterocycles. The Balaban J connectivity index is 1.40. The van der Waals surface area contributed by atoms with Crippen molar-refractivity contribution < 1.29 is 18.7 Å². The monoisotopic (exact) mass is 432 g/mol. The Hall–Kier alpha value is -3.58. The first-order valence-corrected chi connectivity index (χ1v) is 10.6. The molecule has 0 unspecified atom stereocenters. The third-order valence-corrected chi connectivity index (χ3v) is 5.59. The predicted molar refractivity (Wildman–Crippen MR) is 119 cm³/mol. The molecule has 0 spiro atoms. The lowest BCUT2D eigenvalue weighted by Gasteiger charge is -2.10. The summed E-state index contributed by atoms with van der Waals surface area (Å²) >= 11 is 1.45. The standard InChI is InChI=1S/C24H20N2O4S/c1-29-23(28)17-12-10-16(11-13-17)14-25-22(27)19-7-3-2-6-18(19)15-31-24-26-20-8-4-5-9-21(20)30-24/h2-13H,14-15H2,1H3,(H,25,27). The van der Waals surface area contributed by atoms with Crippen molar-refractivity contribution in [1.29, 1.82) is 0 Å². The van der Waals surface area contributed by atoms with Gasteiger partial charge >= 0.3 is 5.97 Å². The number of nitrogens with zero attached hydrogens (tertiary/aromatic N) is 1. The minimum Gasteiger partial charge on any atom is -0.465 e. The predicted octanol–water partition coefficient (Wildman–Crippen LogP) is 4.84. The van der Waals surface area contributed by atoms with Gasteiger partial charge in [-0.15, -0.1) is 0 Å². The first kappa shape index (κ1) is 20.7. The third kappa shape index (κ3) is 4.95. The molecule has 6 nitrogen and oxygen atoms in total. The number of esters is 1. The van der Waals surface area contributed by atoms with E-state index in [4.69, 9.17) is 9.15 Å². The molecule has 0 aliphatic carbocycles. The fourth-order valence-corrected chi connectivity index (χ4v) is 3.92. The minimum atomic E-state index is -0.388. The van der Waals surface area contributed by atoms with Gasteiger partial charge in [0.05, 0.1) is 12.7 Å². The number of methoxy groups -OCH3 is 1. The topological polar surface area (TPSA) is 81.4 Å². The van der Waals surface area contributed by atoms with Gasteiger partial charge in [-0.25, -0.2) is 9.78 Å². The number of aromatic nitrogens is 1. The number of carbonyl (C=O) groups excluding carboxylic acids is 2. The number of para-hydroxylation sites is 2. The molecule has 0 atom stereocenters. The molecule has 4 aromatic rings. The van der Waals surface area contributed by atoms with E-state index < -0.39 is 0 Å². The summed E-state index contributed by atoms with van der Waals surface area (Å²) in [6, 6.07) is 22.0. The van der Waals surface area contributed by atoms with Crippen molar-refractivity contribution >= 4 is 34.7 Å². The van der Waals surface area contributed by atoms with Crippen LogP contribution < -0.4 is 5.32 Å². The van der Waals surface area contributed by atoms with Gasteiger partial charge in [-0.1, -0.05) is 54.2 Å². The average molecular weight is 433 g/mol. The summed E-state index contributed by atoms with van der Waals surface area (Å²) in [6.07, 6.45) is 0. The molecular formula is C24H20N2O4S. The fraction of sp³-hybridized carbons (Fsp3) is 0.125. The van der Waals surface area contributed by atoms with Crippen LogP contribution in [-0.4, -0.2) is 24.0 Å². The van der Waals surface area contributed by atoms with Gasteiger partial charge in [-0.3, -0.25) is 4.79 Å². The van der Waals surface area contributed by atoms with Gasteiger partial charge in [0.1, 0.15) is 5.52 Å². The number of benzene rings is 3. The summed E-state index contributed by atoms with van der Waals surface area (Å²) in [6.45, 7) is 0.354. The van der Waals surface area contributed by atoms with Gasteiger partial charge in [0.25, 0.3) is 11.1 Å². The van der Waals surface area contributed by atoms with Crippen LogP contribution in [-0.2, 0) is 17.0 Å². The largest absolute Gasteiger partial charge is 0.465 e. The van der Waals surface area contributed by atoms with E-state index in [-0.39, 0.29) is 11.9 Å². The zero-order chi connectivity index (χ0) is 21.6. The van der Waals surface area contributed by atoms with Gasteiger partial charge in [0.15, 0.2) is 5.58 Å². The molecule has 1 N–H and O–H groups in total. The number of nitrogens with one attached hydrogen (secondary N) is 1. The summed E-state index contributed by atoms with van der Waals surface area (Å²) in [5.74, 6) is 0.0105. The van der Waals surface area contributed by atoms with Crippen molar-refractivity contribution in [3.8, 4) is 0 Å². The Bertz CT molecular complexity index is 1180. The molecule has 0 radical (unpaired) electrons. The summed E-state index contributed by atoms with van der Waals surface area (Å²) in [5.41, 5.74) is 4.42. The normalized spacial score (nSPS) is 10.7. The molecule has 0 fully saturated rings. The lowest BCUT2D eigenvalue weighted by Crippen LogP contribution is -2.24. The second-order valence-corrected chi connectivity index (χ2v) is 7.69. The SMILES string of the molecule is COC(=O)c1ccc(CNC(=O)c2ccccc2CSc2nc3ccccc3o2)cc1. The van der Waals surface area contributed by atoms with Crippen LogP contribution in [0.3, 0.4) is 0 Å². The van der Waals surface area contributed by atoms with Crippen LogP contribution in [0.1, 0.15) is 31.8 Å². The summed E-state index contributed by atoms with van der Waals surface area (Å²) < 4.78 is 10.4. The number of thioether (sulfide) groups is 1. The van der Waals surface area contributed by atoms with Gasteiger partial charge < -0.3 is 14.5 Å². The zero-order valence-electron chi connectivity index (χ0n) is 16.8. The van der Waals surface area contributed by atoms with E-state index in [0.717, 1.165) is 22.2 Å². The fourth-order valence-electron chi connectivity index (χ4n) is 3.07. The zero-order valence-corrected chi connectivity index (χ0v) is 17.6. The average Bonchev–Trinajstić information content (AvgIpc) is 3.24. The maximum atomic E-state index is 12.8. The van der Waals surface area contributed by atoms with E-state index in [1.165, 1.54) is 18.9 Å². The quantitative estimate of drug-likeness (QED) is 0.333. The molecule has 0 aliphatic rings. The molecule has 0 saturated carbocycles. The Kier molecular flexibility index (Phi) is 6.33. The van der Waals surface area contributed by atoms with Crippen molar-refractivity contribution in [3.63, 3.8) is 0 Å². The highest BCUT2D eigenvalue weighted by atomic mass is 32.2. The van der Waals surface area contributed by atoms with E-state index in [9.17, 15) is 9.59 Å². The van der Waals surface area contributed by atoms with E-state index in [1.54, 1.807) is 30.3 Å². The second-order valence-electron chi connectivity index (χ2n) is 6.76. The highest BCUT2D eigenvalue weighted by molar-refractivity contribution is 7.98. The minimum absolute atomic E-state index is 0.161. The van der Waals surface area contributed by atoms with Crippen molar-refractivity contribution in [3.05, 3.63) is 95.1 Å². The number of hydrogen-bond donors (Lipinski definition) is 1. The Morgan fingerprint density at radius 3 is 2.52 bits per heavy atom. The Morgan fingerprint density at radius 2 is 1.74 bits per heavy atom. The van der Waals surface area contributed by atoms with Crippen LogP contribution in [0.5, 0.6) is 0 Å². The molecule has 1 aromatic heterocycles. The Labute approximate surface area is 183 Å². The number of amides is 1.